The van der Waals surface area contributed by atoms with Crippen LogP contribution in [0.1, 0.15) is 36.1 Å². The number of allylic oxidation sites excluding steroid dienone is 1. The number of aromatic nitrogens is 1. The van der Waals surface area contributed by atoms with E-state index in [4.69, 9.17) is 26.0 Å². The second-order valence-electron chi connectivity index (χ2n) is 7.86. The molecule has 1 atom stereocenters. The second kappa shape index (κ2) is 9.37. The van der Waals surface area contributed by atoms with Gasteiger partial charge < -0.3 is 31.4 Å². The first kappa shape index (κ1) is 22.4. The number of fused-ring (bicyclic) bond motifs is 3. The van der Waals surface area contributed by atoms with Crippen LogP contribution in [0.2, 0.25) is 0 Å². The Hall–Kier alpha value is -3.79. The van der Waals surface area contributed by atoms with E-state index < -0.39 is 11.9 Å². The van der Waals surface area contributed by atoms with Crippen LogP contribution in [0.25, 0.3) is 5.70 Å². The highest BCUT2D eigenvalue weighted by Crippen LogP contribution is 2.32. The zero-order chi connectivity index (χ0) is 23.5. The summed E-state index contributed by atoms with van der Waals surface area (Å²) in [4.78, 5) is 4.29. The minimum atomic E-state index is -0.617. The van der Waals surface area contributed by atoms with Gasteiger partial charge in [0, 0.05) is 48.3 Å². The maximum Gasteiger partial charge on any atom is 0.166 e. The van der Waals surface area contributed by atoms with Crippen molar-refractivity contribution in [3.05, 3.63) is 58.5 Å². The summed E-state index contributed by atoms with van der Waals surface area (Å²) in [5.74, 6) is 0.0844. The quantitative estimate of drug-likeness (QED) is 0.357. The fraction of sp³-hybridized carbons (Fsp3) is 0.304. The maximum atomic E-state index is 14.2. The highest BCUT2D eigenvalue weighted by molar-refractivity contribution is 6.48. The predicted octanol–water partition coefficient (Wildman–Crippen LogP) is 2.64. The normalized spacial score (nSPS) is 22.3. The lowest BCUT2D eigenvalue weighted by Gasteiger charge is -2.30. The summed E-state index contributed by atoms with van der Waals surface area (Å²) in [6.45, 7) is 2.86. The molecule has 4 rings (SSSR count). The zero-order valence-corrected chi connectivity index (χ0v) is 18.4. The number of hydrazone groups is 1. The predicted molar refractivity (Wildman–Crippen MR) is 125 cm³/mol. The van der Waals surface area contributed by atoms with Crippen molar-refractivity contribution in [2.24, 2.45) is 5.10 Å². The monoisotopic (exact) mass is 451 g/mol. The summed E-state index contributed by atoms with van der Waals surface area (Å²) < 4.78 is 25.6. The van der Waals surface area contributed by atoms with Crippen LogP contribution >= 0.6 is 0 Å². The molecule has 6 N–H and O–H groups in total. The first-order valence-corrected chi connectivity index (χ1v) is 10.5. The van der Waals surface area contributed by atoms with E-state index in [9.17, 15) is 4.39 Å². The summed E-state index contributed by atoms with van der Waals surface area (Å²) in [6.07, 6.45) is 2.41. The van der Waals surface area contributed by atoms with Gasteiger partial charge in [0.2, 0.25) is 0 Å². The van der Waals surface area contributed by atoms with Crippen LogP contribution in [0.3, 0.4) is 0 Å². The minimum absolute atomic E-state index is 0.0801. The highest BCUT2D eigenvalue weighted by atomic mass is 19.1. The number of hydrogen-bond donors (Lipinski definition) is 5. The molecule has 2 aliphatic heterocycles. The molecule has 10 heteroatoms. The summed E-state index contributed by atoms with van der Waals surface area (Å²) in [5, 5.41) is 24.7. The van der Waals surface area contributed by atoms with Crippen LogP contribution < -0.4 is 21.2 Å². The standard InChI is InChI=1S/C23H26FN7O2/c1-12-18-7-15(24)3-4-17(18)21(26)19(31-28-2)5-13(8-25)22(30-16-10-32-11-16)14-6-20(33-12)23(27)29-9-14/h3-4,6-9,12,16,25-26,28,30H,5,10-11H2,1-2H3,(H2,27,29)/b22-13-,25-8?,26-21?,31-19-. The first-order chi connectivity index (χ1) is 15.9. The van der Waals surface area contributed by atoms with Crippen molar-refractivity contribution in [2.45, 2.75) is 25.5 Å². The van der Waals surface area contributed by atoms with Gasteiger partial charge in [0.15, 0.2) is 11.6 Å². The van der Waals surface area contributed by atoms with Gasteiger partial charge in [0.25, 0.3) is 0 Å². The van der Waals surface area contributed by atoms with Gasteiger partial charge in [-0.05, 0) is 36.8 Å². The van der Waals surface area contributed by atoms with E-state index in [2.05, 4.69) is 20.8 Å². The van der Waals surface area contributed by atoms with Gasteiger partial charge in [-0.1, -0.05) is 0 Å². The third-order valence-electron chi connectivity index (χ3n) is 5.57. The Kier molecular flexibility index (Phi) is 6.36. The first-order valence-electron chi connectivity index (χ1n) is 10.5. The molecule has 9 nitrogen and oxygen atoms in total. The van der Waals surface area contributed by atoms with E-state index in [0.717, 1.165) is 0 Å². The third-order valence-corrected chi connectivity index (χ3v) is 5.57. The lowest BCUT2D eigenvalue weighted by Crippen LogP contribution is -2.45. The minimum Gasteiger partial charge on any atom is -0.482 e. The molecule has 0 radical (unpaired) electrons. The lowest BCUT2D eigenvalue weighted by molar-refractivity contribution is 0.00201. The zero-order valence-electron chi connectivity index (χ0n) is 18.4. The molecule has 1 saturated heterocycles. The Morgan fingerprint density at radius 3 is 2.76 bits per heavy atom. The third kappa shape index (κ3) is 4.56. The van der Waals surface area contributed by atoms with Crippen molar-refractivity contribution in [2.75, 3.05) is 26.0 Å². The number of hydrogen-bond acceptors (Lipinski definition) is 9. The summed E-state index contributed by atoms with van der Waals surface area (Å²) >= 11 is 0. The van der Waals surface area contributed by atoms with Crippen LogP contribution in [0, 0.1) is 16.6 Å². The number of rotatable bonds is 4. The number of pyridine rings is 1. The number of nitrogens with one attached hydrogen (secondary N) is 4. The Labute approximate surface area is 190 Å². The smallest absolute Gasteiger partial charge is 0.166 e. The van der Waals surface area contributed by atoms with Crippen LogP contribution in [0.5, 0.6) is 5.75 Å². The van der Waals surface area contributed by atoms with Crippen molar-refractivity contribution < 1.29 is 13.9 Å². The Morgan fingerprint density at radius 1 is 1.30 bits per heavy atom. The van der Waals surface area contributed by atoms with E-state index in [0.29, 0.717) is 52.6 Å². The summed E-state index contributed by atoms with van der Waals surface area (Å²) in [7, 11) is 1.64. The molecule has 1 aromatic heterocycles. The number of nitrogen functional groups attached to an aromatic ring is 1. The van der Waals surface area contributed by atoms with Crippen molar-refractivity contribution in [1.82, 2.24) is 15.7 Å². The van der Waals surface area contributed by atoms with Crippen LogP contribution in [0.4, 0.5) is 10.2 Å². The molecule has 0 aliphatic carbocycles. The molecule has 2 aliphatic rings. The van der Waals surface area contributed by atoms with Gasteiger partial charge >= 0.3 is 0 Å². The molecule has 2 bridgehead atoms. The molecule has 1 fully saturated rings. The summed E-state index contributed by atoms with van der Waals surface area (Å²) in [6, 6.07) is 6.03. The maximum absolute atomic E-state index is 14.2. The van der Waals surface area contributed by atoms with E-state index in [1.165, 1.54) is 18.3 Å². The second-order valence-corrected chi connectivity index (χ2v) is 7.86. The number of halogens is 1. The molecule has 0 saturated carbocycles. The largest absolute Gasteiger partial charge is 0.482 e. The van der Waals surface area contributed by atoms with Gasteiger partial charge in [0.05, 0.1) is 30.7 Å². The summed E-state index contributed by atoms with van der Waals surface area (Å²) in [5.41, 5.74) is 12.2. The van der Waals surface area contributed by atoms with E-state index in [1.807, 2.05) is 0 Å². The molecule has 0 spiro atoms. The average Bonchev–Trinajstić information content (AvgIpc) is 2.77. The molecule has 33 heavy (non-hydrogen) atoms. The molecule has 1 aromatic carbocycles. The van der Waals surface area contributed by atoms with Gasteiger partial charge in [-0.2, -0.15) is 5.10 Å². The van der Waals surface area contributed by atoms with Gasteiger partial charge in [-0.3, -0.25) is 5.41 Å². The molecule has 0 amide bonds. The number of nitrogens with two attached hydrogens (primary N) is 1. The molecule has 3 heterocycles. The van der Waals surface area contributed by atoms with Gasteiger partial charge in [-0.15, -0.1) is 0 Å². The van der Waals surface area contributed by atoms with E-state index in [-0.39, 0.29) is 24.0 Å². The molecular weight excluding hydrogens is 425 g/mol. The Morgan fingerprint density at radius 2 is 2.09 bits per heavy atom. The van der Waals surface area contributed by atoms with Crippen molar-refractivity contribution in [1.29, 1.82) is 10.8 Å². The number of anilines is 1. The molecule has 1 unspecified atom stereocenters. The van der Waals surface area contributed by atoms with Crippen molar-refractivity contribution >= 4 is 29.2 Å². The number of ether oxygens (including phenoxy) is 2. The lowest BCUT2D eigenvalue weighted by atomic mass is 9.92. The van der Waals surface area contributed by atoms with Crippen LogP contribution in [0.15, 0.2) is 41.1 Å². The highest BCUT2D eigenvalue weighted by Gasteiger charge is 2.26. The van der Waals surface area contributed by atoms with Gasteiger partial charge in [-0.25, -0.2) is 9.37 Å². The number of nitrogens with zero attached hydrogens (tertiary/aromatic N) is 2. The van der Waals surface area contributed by atoms with Crippen LogP contribution in [-0.2, 0) is 4.74 Å². The van der Waals surface area contributed by atoms with Crippen LogP contribution in [-0.4, -0.2) is 48.9 Å². The van der Waals surface area contributed by atoms with Crippen molar-refractivity contribution in [3.63, 3.8) is 0 Å². The van der Waals surface area contributed by atoms with Crippen molar-refractivity contribution in [3.8, 4) is 5.75 Å². The molecule has 2 aromatic rings. The van der Waals surface area contributed by atoms with E-state index >= 15 is 0 Å². The SMILES string of the molecule is CN/N=C1/C/C(C=N)=C(/NC2COC2)c2cnc(N)c(c2)OC(C)c2cc(F)ccc2C1=N. The molecule has 172 valence electrons. The Bertz CT molecular complexity index is 1160. The van der Waals surface area contributed by atoms with Gasteiger partial charge in [0.1, 0.15) is 11.9 Å². The topological polar surface area (TPSA) is 141 Å². The average molecular weight is 452 g/mol. The fourth-order valence-corrected chi connectivity index (χ4v) is 3.79. The fourth-order valence-electron chi connectivity index (χ4n) is 3.79. The van der Waals surface area contributed by atoms with E-state index in [1.54, 1.807) is 32.3 Å². The number of benzene rings is 1. The molecular formula is C23H26FN7O2. The Balaban J connectivity index is 1.94.